The van der Waals surface area contributed by atoms with Gasteiger partial charge in [0, 0.05) is 13.2 Å². The summed E-state index contributed by atoms with van der Waals surface area (Å²) < 4.78 is 5.65. The first-order valence-electron chi connectivity index (χ1n) is 6.74. The number of anilines is 1. The van der Waals surface area contributed by atoms with Gasteiger partial charge in [-0.25, -0.2) is 4.98 Å². The number of H-pyrrole nitrogens is 1. The van der Waals surface area contributed by atoms with Crippen molar-refractivity contribution < 1.29 is 4.74 Å². The number of aromatic nitrogens is 2. The van der Waals surface area contributed by atoms with Gasteiger partial charge in [-0.05, 0) is 26.2 Å². The van der Waals surface area contributed by atoms with E-state index in [2.05, 4.69) is 22.2 Å². The van der Waals surface area contributed by atoms with Gasteiger partial charge in [0.25, 0.3) is 5.56 Å². The highest BCUT2D eigenvalue weighted by Crippen LogP contribution is 2.22. The molecule has 1 unspecified atom stereocenters. The van der Waals surface area contributed by atoms with Crippen molar-refractivity contribution in [1.29, 1.82) is 0 Å². The zero-order valence-electron chi connectivity index (χ0n) is 11.1. The zero-order chi connectivity index (χ0) is 13.0. The lowest BCUT2D eigenvalue weighted by Gasteiger charge is -2.20. The molecule has 0 amide bonds. The predicted molar refractivity (Wildman–Crippen MR) is 70.9 cm³/mol. The smallest absolute Gasteiger partial charge is 0.256 e. The third kappa shape index (κ3) is 2.72. The third-order valence-electron chi connectivity index (χ3n) is 3.15. The van der Waals surface area contributed by atoms with E-state index in [9.17, 15) is 4.79 Å². The molecule has 0 aliphatic carbocycles. The largest absolute Gasteiger partial charge is 0.371 e. The molecule has 1 aliphatic heterocycles. The van der Waals surface area contributed by atoms with E-state index >= 15 is 0 Å². The fraction of sp³-hybridized carbons (Fsp3) is 0.692. The molecule has 0 bridgehead atoms. The van der Waals surface area contributed by atoms with E-state index in [0.29, 0.717) is 12.4 Å². The van der Waals surface area contributed by atoms with Crippen LogP contribution in [0.4, 0.5) is 5.82 Å². The van der Waals surface area contributed by atoms with Crippen LogP contribution in [0.25, 0.3) is 0 Å². The summed E-state index contributed by atoms with van der Waals surface area (Å²) in [5.41, 5.74) is 0.750. The SMILES string of the molecule is CCCC(OCC)c1nc2c(c(=O)[nH]1)CCCN2. The molecule has 5 nitrogen and oxygen atoms in total. The summed E-state index contributed by atoms with van der Waals surface area (Å²) in [5, 5.41) is 3.20. The first-order valence-corrected chi connectivity index (χ1v) is 6.74. The van der Waals surface area contributed by atoms with Gasteiger partial charge >= 0.3 is 0 Å². The van der Waals surface area contributed by atoms with Crippen molar-refractivity contribution in [2.24, 2.45) is 0 Å². The van der Waals surface area contributed by atoms with Gasteiger partial charge in [-0.3, -0.25) is 4.79 Å². The van der Waals surface area contributed by atoms with Crippen LogP contribution >= 0.6 is 0 Å². The summed E-state index contributed by atoms with van der Waals surface area (Å²) in [6.45, 7) is 5.56. The Balaban J connectivity index is 2.32. The molecular weight excluding hydrogens is 230 g/mol. The number of hydrogen-bond acceptors (Lipinski definition) is 4. The number of nitrogens with zero attached hydrogens (tertiary/aromatic N) is 1. The Morgan fingerprint density at radius 2 is 2.28 bits per heavy atom. The van der Waals surface area contributed by atoms with E-state index in [-0.39, 0.29) is 11.7 Å². The minimum Gasteiger partial charge on any atom is -0.371 e. The van der Waals surface area contributed by atoms with Gasteiger partial charge in [0.15, 0.2) is 0 Å². The summed E-state index contributed by atoms with van der Waals surface area (Å²) in [6.07, 6.45) is 3.55. The quantitative estimate of drug-likeness (QED) is 0.840. The average molecular weight is 251 g/mol. The van der Waals surface area contributed by atoms with Gasteiger partial charge < -0.3 is 15.0 Å². The normalized spacial score (nSPS) is 15.9. The maximum atomic E-state index is 12.0. The topological polar surface area (TPSA) is 67.0 Å². The Hall–Kier alpha value is -1.36. The highest BCUT2D eigenvalue weighted by molar-refractivity contribution is 5.45. The van der Waals surface area contributed by atoms with Crippen molar-refractivity contribution in [3.63, 3.8) is 0 Å². The van der Waals surface area contributed by atoms with Crippen molar-refractivity contribution in [2.45, 2.75) is 45.6 Å². The minimum atomic E-state index is -0.110. The average Bonchev–Trinajstić information content (AvgIpc) is 2.38. The Bertz CT molecular complexity index is 450. The Morgan fingerprint density at radius 3 is 3.00 bits per heavy atom. The highest BCUT2D eigenvalue weighted by atomic mass is 16.5. The molecule has 2 rings (SSSR count). The molecule has 2 heterocycles. The second kappa shape index (κ2) is 6.00. The molecule has 100 valence electrons. The number of fused-ring (bicyclic) bond motifs is 1. The van der Waals surface area contributed by atoms with Crippen molar-refractivity contribution in [1.82, 2.24) is 9.97 Å². The van der Waals surface area contributed by atoms with Crippen LogP contribution in [0.2, 0.25) is 0 Å². The van der Waals surface area contributed by atoms with Crippen molar-refractivity contribution >= 4 is 5.82 Å². The number of rotatable bonds is 5. The maximum Gasteiger partial charge on any atom is 0.256 e. The lowest BCUT2D eigenvalue weighted by Crippen LogP contribution is -2.26. The van der Waals surface area contributed by atoms with Gasteiger partial charge in [-0.2, -0.15) is 0 Å². The molecule has 1 aliphatic rings. The van der Waals surface area contributed by atoms with E-state index in [1.807, 2.05) is 6.92 Å². The number of nitrogens with one attached hydrogen (secondary N) is 2. The second-order valence-corrected chi connectivity index (χ2v) is 4.54. The van der Waals surface area contributed by atoms with Crippen LogP contribution in [0, 0.1) is 0 Å². The summed E-state index contributed by atoms with van der Waals surface area (Å²) >= 11 is 0. The fourth-order valence-electron chi connectivity index (χ4n) is 2.28. The van der Waals surface area contributed by atoms with Crippen molar-refractivity contribution in [2.75, 3.05) is 18.5 Å². The van der Waals surface area contributed by atoms with Crippen LogP contribution in [0.3, 0.4) is 0 Å². The molecule has 0 radical (unpaired) electrons. The molecule has 0 saturated carbocycles. The first kappa shape index (κ1) is 13.1. The molecule has 5 heteroatoms. The molecule has 18 heavy (non-hydrogen) atoms. The van der Waals surface area contributed by atoms with Crippen molar-refractivity contribution in [3.05, 3.63) is 21.7 Å². The molecule has 1 aromatic rings. The minimum absolute atomic E-state index is 0.0250. The van der Waals surface area contributed by atoms with Gasteiger partial charge in [0.2, 0.25) is 0 Å². The molecule has 1 aromatic heterocycles. The van der Waals surface area contributed by atoms with Crippen LogP contribution in [0.5, 0.6) is 0 Å². The third-order valence-corrected chi connectivity index (χ3v) is 3.15. The first-order chi connectivity index (χ1) is 8.76. The monoisotopic (exact) mass is 251 g/mol. The highest BCUT2D eigenvalue weighted by Gasteiger charge is 2.19. The number of aromatic amines is 1. The maximum absolute atomic E-state index is 12.0. The van der Waals surface area contributed by atoms with Crippen molar-refractivity contribution in [3.8, 4) is 0 Å². The van der Waals surface area contributed by atoms with Gasteiger partial charge in [0.1, 0.15) is 17.7 Å². The summed E-state index contributed by atoms with van der Waals surface area (Å²) in [5.74, 6) is 1.39. The van der Waals surface area contributed by atoms with E-state index in [1.54, 1.807) is 0 Å². The van der Waals surface area contributed by atoms with Gasteiger partial charge in [0.05, 0.1) is 5.56 Å². The van der Waals surface area contributed by atoms with E-state index < -0.39 is 0 Å². The lowest BCUT2D eigenvalue weighted by molar-refractivity contribution is 0.0492. The molecule has 0 spiro atoms. The van der Waals surface area contributed by atoms with Crippen LogP contribution in [0.15, 0.2) is 4.79 Å². The molecule has 1 atom stereocenters. The van der Waals surface area contributed by atoms with E-state index in [0.717, 1.165) is 43.6 Å². The molecular formula is C13H21N3O2. The van der Waals surface area contributed by atoms with Crippen LogP contribution in [-0.2, 0) is 11.2 Å². The van der Waals surface area contributed by atoms with Gasteiger partial charge in [-0.15, -0.1) is 0 Å². The molecule has 0 saturated heterocycles. The second-order valence-electron chi connectivity index (χ2n) is 4.54. The standard InChI is InChI=1S/C13H21N3O2/c1-3-6-10(18-4-2)12-15-11-9(13(17)16-12)7-5-8-14-11/h10H,3-8H2,1-2H3,(H2,14,15,16,17). The molecule has 2 N–H and O–H groups in total. The fourth-order valence-corrected chi connectivity index (χ4v) is 2.28. The Kier molecular flexibility index (Phi) is 4.36. The lowest BCUT2D eigenvalue weighted by atomic mass is 10.1. The number of hydrogen-bond donors (Lipinski definition) is 2. The summed E-state index contributed by atoms with van der Waals surface area (Å²) in [6, 6.07) is 0. The van der Waals surface area contributed by atoms with Crippen LogP contribution < -0.4 is 10.9 Å². The Labute approximate surface area is 107 Å². The zero-order valence-corrected chi connectivity index (χ0v) is 11.1. The van der Waals surface area contributed by atoms with Crippen LogP contribution in [-0.4, -0.2) is 23.1 Å². The summed E-state index contributed by atoms with van der Waals surface area (Å²) in [4.78, 5) is 19.4. The number of ether oxygens (including phenoxy) is 1. The summed E-state index contributed by atoms with van der Waals surface area (Å²) in [7, 11) is 0. The van der Waals surface area contributed by atoms with Gasteiger partial charge in [-0.1, -0.05) is 13.3 Å². The molecule has 0 fully saturated rings. The van der Waals surface area contributed by atoms with E-state index in [1.165, 1.54) is 0 Å². The van der Waals surface area contributed by atoms with E-state index in [4.69, 9.17) is 4.74 Å². The Morgan fingerprint density at radius 1 is 1.44 bits per heavy atom. The molecule has 0 aromatic carbocycles. The predicted octanol–water partition coefficient (Wildman–Crippen LogP) is 2.01. The van der Waals surface area contributed by atoms with Crippen LogP contribution in [0.1, 0.15) is 50.6 Å².